The summed E-state index contributed by atoms with van der Waals surface area (Å²) in [5.74, 6) is 0. The molecule has 0 saturated carbocycles. The third kappa shape index (κ3) is 12.5. The quantitative estimate of drug-likeness (QED) is 0.157. The van der Waals surface area contributed by atoms with E-state index in [4.69, 9.17) is 4.42 Å². The molecule has 0 N–H and O–H groups in total. The minimum absolute atomic E-state index is 0.916. The van der Waals surface area contributed by atoms with Crippen LogP contribution in [0.1, 0.15) is 0 Å². The van der Waals surface area contributed by atoms with Gasteiger partial charge in [0.2, 0.25) is 0 Å². The zero-order valence-electron chi connectivity index (χ0n) is 76.4. The van der Waals surface area contributed by atoms with Crippen molar-refractivity contribution < 1.29 is 4.42 Å². The van der Waals surface area contributed by atoms with E-state index in [1.54, 1.807) is 0 Å². The van der Waals surface area contributed by atoms with Gasteiger partial charge in [-0.15, -0.1) is 11.3 Å². The molecule has 8 nitrogen and oxygen atoms in total. The topological polar surface area (TPSA) is 46.1 Å². The van der Waals surface area contributed by atoms with E-state index in [2.05, 4.69) is 523 Å². The molecule has 9 heteroatoms. The number of para-hydroxylation sites is 18. The van der Waals surface area contributed by atoms with Crippen LogP contribution in [0.5, 0.6) is 0 Å². The van der Waals surface area contributed by atoms with E-state index in [1.807, 2.05) is 23.5 Å². The molecule has 0 radical (unpaired) electrons. The monoisotopic (exact) mass is 1810 g/mol. The van der Waals surface area contributed by atoms with Crippen LogP contribution in [0.25, 0.3) is 267 Å². The van der Waals surface area contributed by atoms with Crippen LogP contribution in [0.15, 0.2) is 508 Å². The molecule has 0 aliphatic carbocycles. The molecule has 0 saturated heterocycles. The molecule has 0 amide bonds. The molecule has 9 heterocycles. The first kappa shape index (κ1) is 79.8. The van der Waals surface area contributed by atoms with Crippen LogP contribution in [-0.2, 0) is 0 Å². The second kappa shape index (κ2) is 32.1. The molecular weight excluding hydrogens is 1730 g/mol. The number of hydrogen-bond acceptors (Lipinski definition) is 2. The molecule has 0 bridgehead atoms. The lowest BCUT2D eigenvalue weighted by molar-refractivity contribution is 0.669. The summed E-state index contributed by atoms with van der Waals surface area (Å²) in [6, 6.07) is 183. The fourth-order valence-corrected chi connectivity index (χ4v) is 24.2. The Bertz CT molecular complexity index is 10300. The molecule has 0 fully saturated rings. The maximum Gasteiger partial charge on any atom is 0.135 e. The third-order valence-electron chi connectivity index (χ3n) is 29.2. The molecule has 0 atom stereocenters. The average molecular weight is 1820 g/mol. The molecule has 0 unspecified atom stereocenters. The molecule has 141 heavy (non-hydrogen) atoms. The molecule has 0 aliphatic heterocycles. The summed E-state index contributed by atoms with van der Waals surface area (Å²) in [7, 11) is 0. The van der Waals surface area contributed by atoms with Crippen LogP contribution in [-0.4, -0.2) is 31.5 Å². The van der Waals surface area contributed by atoms with Gasteiger partial charge in [0.15, 0.2) is 0 Å². The van der Waals surface area contributed by atoms with E-state index in [-0.39, 0.29) is 0 Å². The van der Waals surface area contributed by atoms with Gasteiger partial charge in [0, 0.05) is 129 Å². The Balaban J connectivity index is 0.000000102. The van der Waals surface area contributed by atoms with Crippen molar-refractivity contribution in [3.05, 3.63) is 504 Å². The fourth-order valence-electron chi connectivity index (χ4n) is 23.1. The summed E-state index contributed by atoms with van der Waals surface area (Å²) in [6.07, 6.45) is 0. The second-order valence-electron chi connectivity index (χ2n) is 36.9. The van der Waals surface area contributed by atoms with E-state index in [0.29, 0.717) is 0 Å². The van der Waals surface area contributed by atoms with Crippen LogP contribution in [0, 0.1) is 0 Å². The standard InChI is InChI=1S/C48H31N3.C42H26N2O.C42H26N2S/c1-3-15-34(16-4-1)49-42-22-10-7-19-36(42)39-29-32(27-28-45(39)49)33-30-40-37-20-8-11-23-43(37)50(35-17-5-2-6-18-35)46-25-13-14-26-47(46)51-44-24-12-9-21-38(44)41(31-33)48(40)51;2*1-2-11-29(12-3-1)43-36-17-6-4-13-30(36)32-15-10-16-33-34-25-27(21-23-37(34)44(42(32)33)39-19-8-7-18-38(39)43)28-22-24-41-35(26-28)31-14-5-9-20-40(31)45-41/h1-31H;2*1-26H. The van der Waals surface area contributed by atoms with Crippen LogP contribution in [0.3, 0.4) is 0 Å². The largest absolute Gasteiger partial charge is 0.456 e. The van der Waals surface area contributed by atoms with E-state index in [9.17, 15) is 0 Å². The van der Waals surface area contributed by atoms with Crippen LogP contribution in [0.2, 0.25) is 0 Å². The number of aromatic nitrogens is 7. The van der Waals surface area contributed by atoms with Gasteiger partial charge in [0.25, 0.3) is 0 Å². The molecule has 0 aliphatic rings. The highest BCUT2D eigenvalue weighted by atomic mass is 32.1. The van der Waals surface area contributed by atoms with Gasteiger partial charge in [-0.1, -0.05) is 303 Å². The maximum atomic E-state index is 6.13. The van der Waals surface area contributed by atoms with Gasteiger partial charge in [-0.3, -0.25) is 0 Å². The normalized spacial score (nSPS) is 12.0. The van der Waals surface area contributed by atoms with Crippen molar-refractivity contribution in [1.29, 1.82) is 0 Å². The first-order chi connectivity index (χ1) is 70.0. The number of fused-ring (bicyclic) bond motifs is 30. The smallest absolute Gasteiger partial charge is 0.135 e. The number of furan rings is 1. The van der Waals surface area contributed by atoms with E-state index < -0.39 is 0 Å². The molecule has 31 rings (SSSR count). The summed E-state index contributed by atoms with van der Waals surface area (Å²) in [4.78, 5) is 0. The Morgan fingerprint density at radius 3 is 0.830 bits per heavy atom. The summed E-state index contributed by atoms with van der Waals surface area (Å²) in [5.41, 5.74) is 33.8. The second-order valence-corrected chi connectivity index (χ2v) is 38.0. The molecule has 9 aromatic heterocycles. The average Bonchev–Trinajstić information content (AvgIpc) is 1.57. The van der Waals surface area contributed by atoms with Crippen LogP contribution < -0.4 is 0 Å². The molecule has 0 spiro atoms. The van der Waals surface area contributed by atoms with Crippen molar-refractivity contribution in [2.75, 3.05) is 0 Å². The number of rotatable bonds is 7. The lowest BCUT2D eigenvalue weighted by atomic mass is 9.97. The first-order valence-corrected chi connectivity index (χ1v) is 49.1. The lowest BCUT2D eigenvalue weighted by Crippen LogP contribution is -2.01. The molecule has 22 aromatic carbocycles. The Hall–Kier alpha value is -18.5. The summed E-state index contributed by atoms with van der Waals surface area (Å²) in [6.45, 7) is 0. The summed E-state index contributed by atoms with van der Waals surface area (Å²) < 4.78 is 25.9. The number of thiophene rings is 1. The van der Waals surface area contributed by atoms with E-state index in [0.717, 1.165) is 72.1 Å². The zero-order chi connectivity index (χ0) is 92.4. The fraction of sp³-hybridized carbons (Fsp3) is 0. The molecule has 658 valence electrons. The zero-order valence-corrected chi connectivity index (χ0v) is 77.2. The minimum Gasteiger partial charge on any atom is -0.456 e. The predicted molar refractivity (Wildman–Crippen MR) is 598 cm³/mol. The van der Waals surface area contributed by atoms with Crippen molar-refractivity contribution in [3.63, 3.8) is 0 Å². The molecular formula is C132H83N7OS. The van der Waals surface area contributed by atoms with Gasteiger partial charge < -0.3 is 35.9 Å². The van der Waals surface area contributed by atoms with Gasteiger partial charge >= 0.3 is 0 Å². The van der Waals surface area contributed by atoms with Crippen LogP contribution >= 0.6 is 11.3 Å². The van der Waals surface area contributed by atoms with E-state index in [1.165, 1.54) is 195 Å². The Kier molecular flexibility index (Phi) is 18.1. The van der Waals surface area contributed by atoms with Gasteiger partial charge in [-0.05, 0) is 234 Å². The van der Waals surface area contributed by atoms with Crippen molar-refractivity contribution >= 4 is 223 Å². The predicted octanol–water partition coefficient (Wildman–Crippen LogP) is 36.1. The Morgan fingerprint density at radius 2 is 0.383 bits per heavy atom. The van der Waals surface area contributed by atoms with Crippen molar-refractivity contribution in [1.82, 2.24) is 31.5 Å². The first-order valence-electron chi connectivity index (χ1n) is 48.3. The van der Waals surface area contributed by atoms with Gasteiger partial charge in [0.1, 0.15) is 11.2 Å². The van der Waals surface area contributed by atoms with Crippen LogP contribution in [0.4, 0.5) is 0 Å². The van der Waals surface area contributed by atoms with Gasteiger partial charge in [-0.25, -0.2) is 0 Å². The van der Waals surface area contributed by atoms with Gasteiger partial charge in [0.05, 0.1) is 93.8 Å². The SMILES string of the molecule is c1ccc(-n2c3ccccc3c3cc(-c4cc5c6ccccc6n(-c6ccccc6)c6ccccc6n6c7ccccc7c(c4)c56)ccc32)cc1.c1ccc(-n2c3ccccc3c3cccc4c5cc(-c6ccc7oc8ccccc8c7c6)ccc5n(c5ccccc52)c34)cc1.c1ccc(-n2c3ccccc3c3cccc4c5cc(-c6ccc7sc8ccccc8c7c6)ccc5n(c5ccccc52)c34)cc1. The summed E-state index contributed by atoms with van der Waals surface area (Å²) in [5, 5.41) is 22.3. The van der Waals surface area contributed by atoms with Crippen molar-refractivity contribution in [3.8, 4) is 56.1 Å². The summed E-state index contributed by atoms with van der Waals surface area (Å²) >= 11 is 1.87. The Morgan fingerprint density at radius 1 is 0.135 bits per heavy atom. The Labute approximate surface area is 812 Å². The van der Waals surface area contributed by atoms with Crippen molar-refractivity contribution in [2.45, 2.75) is 0 Å². The highest BCUT2D eigenvalue weighted by molar-refractivity contribution is 7.25. The molecule has 31 aromatic rings. The van der Waals surface area contributed by atoms with Crippen molar-refractivity contribution in [2.24, 2.45) is 0 Å². The highest BCUT2D eigenvalue weighted by Crippen LogP contribution is 2.48. The number of hydrogen-bond donors (Lipinski definition) is 0. The maximum absolute atomic E-state index is 6.13. The highest BCUT2D eigenvalue weighted by Gasteiger charge is 2.25. The van der Waals surface area contributed by atoms with E-state index >= 15 is 0 Å². The lowest BCUT2D eigenvalue weighted by Gasteiger charge is -2.17. The number of nitrogens with zero attached hydrogens (tertiary/aromatic N) is 7. The number of benzene rings is 22. The van der Waals surface area contributed by atoms with Gasteiger partial charge in [-0.2, -0.15) is 0 Å². The third-order valence-corrected chi connectivity index (χ3v) is 30.4. The minimum atomic E-state index is 0.916.